The number of methoxy groups -OCH3 is 4. The Morgan fingerprint density at radius 3 is 1.29 bits per heavy atom. The maximum Gasteiger partial charge on any atom is 0.0700 e. The van der Waals surface area contributed by atoms with E-state index in [1.54, 1.807) is 21.3 Å². The van der Waals surface area contributed by atoms with Gasteiger partial charge in [-0.15, -0.1) is 0 Å². The Labute approximate surface area is 177 Å². The van der Waals surface area contributed by atoms with Crippen molar-refractivity contribution in [3.8, 4) is 0 Å². The topological polar surface area (TPSA) is 36.9 Å². The molecule has 0 heterocycles. The van der Waals surface area contributed by atoms with Gasteiger partial charge in [-0.3, -0.25) is 0 Å². The first-order chi connectivity index (χ1) is 13.5. The van der Waals surface area contributed by atoms with Gasteiger partial charge in [-0.2, -0.15) is 0 Å². The van der Waals surface area contributed by atoms with Crippen LogP contribution in [0.25, 0.3) is 0 Å². The highest BCUT2D eigenvalue weighted by Gasteiger charge is 2.29. The summed E-state index contributed by atoms with van der Waals surface area (Å²) in [7, 11) is 7.16. The minimum atomic E-state index is 0.0690. The van der Waals surface area contributed by atoms with E-state index in [4.69, 9.17) is 18.9 Å². The van der Waals surface area contributed by atoms with E-state index < -0.39 is 0 Å². The van der Waals surface area contributed by atoms with Gasteiger partial charge in [0.05, 0.1) is 18.8 Å². The molecule has 0 spiro atoms. The van der Waals surface area contributed by atoms with Crippen LogP contribution in [0.3, 0.4) is 0 Å². The molecular formula is C24H52O4. The highest BCUT2D eigenvalue weighted by Crippen LogP contribution is 2.32. The smallest absolute Gasteiger partial charge is 0.0700 e. The van der Waals surface area contributed by atoms with E-state index in [0.29, 0.717) is 0 Å². The van der Waals surface area contributed by atoms with Crippen LogP contribution in [-0.2, 0) is 18.9 Å². The standard InChI is InChI=1S/C13H28O2.C11H24O2/c1-5-7-9-13(11-14-3,12-15-4)10-8-6-2;1-5-7-11(13-4,8-6-2)9-10-12-3/h5-12H2,1-4H3;5-10H2,1-4H3. The second-order valence-electron chi connectivity index (χ2n) is 8.20. The van der Waals surface area contributed by atoms with Crippen molar-refractivity contribution in [1.82, 2.24) is 0 Å². The molecule has 0 aliphatic rings. The molecule has 4 heteroatoms. The monoisotopic (exact) mass is 404 g/mol. The summed E-state index contributed by atoms with van der Waals surface area (Å²) in [4.78, 5) is 0. The van der Waals surface area contributed by atoms with Crippen molar-refractivity contribution in [1.29, 1.82) is 0 Å². The van der Waals surface area contributed by atoms with Gasteiger partial charge in [0.1, 0.15) is 0 Å². The van der Waals surface area contributed by atoms with Gasteiger partial charge < -0.3 is 18.9 Å². The Hall–Kier alpha value is -0.160. The lowest BCUT2D eigenvalue weighted by Gasteiger charge is -2.32. The molecule has 0 rings (SSSR count). The molecule has 0 saturated heterocycles. The lowest BCUT2D eigenvalue weighted by Crippen LogP contribution is -2.32. The minimum absolute atomic E-state index is 0.0690. The fraction of sp³-hybridized carbons (Fsp3) is 1.00. The minimum Gasteiger partial charge on any atom is -0.385 e. The molecule has 0 saturated carbocycles. The van der Waals surface area contributed by atoms with Gasteiger partial charge in [-0.25, -0.2) is 0 Å². The van der Waals surface area contributed by atoms with E-state index in [9.17, 15) is 0 Å². The number of hydrogen-bond acceptors (Lipinski definition) is 4. The predicted molar refractivity (Wildman–Crippen MR) is 121 cm³/mol. The quantitative estimate of drug-likeness (QED) is 0.256. The van der Waals surface area contributed by atoms with Crippen molar-refractivity contribution >= 4 is 0 Å². The van der Waals surface area contributed by atoms with Crippen LogP contribution in [0.15, 0.2) is 0 Å². The summed E-state index contributed by atoms with van der Waals surface area (Å²) in [6, 6.07) is 0. The van der Waals surface area contributed by atoms with E-state index in [2.05, 4.69) is 27.7 Å². The van der Waals surface area contributed by atoms with Gasteiger partial charge in [0.15, 0.2) is 0 Å². The van der Waals surface area contributed by atoms with Crippen LogP contribution in [0, 0.1) is 5.41 Å². The average molecular weight is 405 g/mol. The Balaban J connectivity index is 0. The normalized spacial score (nSPS) is 12.0. The Kier molecular flexibility index (Phi) is 21.6. The summed E-state index contributed by atoms with van der Waals surface area (Å²) in [5.41, 5.74) is 0.328. The van der Waals surface area contributed by atoms with E-state index >= 15 is 0 Å². The van der Waals surface area contributed by atoms with Crippen molar-refractivity contribution < 1.29 is 18.9 Å². The van der Waals surface area contributed by atoms with Crippen LogP contribution in [-0.4, -0.2) is 53.9 Å². The zero-order chi connectivity index (χ0) is 21.7. The third-order valence-corrected chi connectivity index (χ3v) is 5.63. The number of rotatable bonds is 18. The van der Waals surface area contributed by atoms with Crippen molar-refractivity contribution in [2.45, 2.75) is 104 Å². The predicted octanol–water partition coefficient (Wildman–Crippen LogP) is 6.65. The Morgan fingerprint density at radius 2 is 1.00 bits per heavy atom. The van der Waals surface area contributed by atoms with Crippen LogP contribution in [0.4, 0.5) is 0 Å². The number of hydrogen-bond donors (Lipinski definition) is 0. The number of unbranched alkanes of at least 4 members (excludes halogenated alkanes) is 2. The van der Waals surface area contributed by atoms with Gasteiger partial charge in [0.25, 0.3) is 0 Å². The van der Waals surface area contributed by atoms with Gasteiger partial charge in [0, 0.05) is 40.5 Å². The van der Waals surface area contributed by atoms with Crippen LogP contribution < -0.4 is 0 Å². The summed E-state index contributed by atoms with van der Waals surface area (Å²) >= 11 is 0. The molecule has 0 unspecified atom stereocenters. The molecule has 0 aliphatic heterocycles. The molecule has 0 aromatic rings. The summed E-state index contributed by atoms with van der Waals surface area (Å²) in [6.07, 6.45) is 13.2. The molecule has 0 fully saturated rings. The third kappa shape index (κ3) is 13.9. The second kappa shape index (κ2) is 20.1. The molecule has 0 amide bonds. The van der Waals surface area contributed by atoms with Crippen molar-refractivity contribution in [2.75, 3.05) is 48.3 Å². The molecule has 0 aromatic carbocycles. The van der Waals surface area contributed by atoms with Crippen molar-refractivity contribution in [3.05, 3.63) is 0 Å². The van der Waals surface area contributed by atoms with Gasteiger partial charge in [-0.05, 0) is 32.1 Å². The summed E-state index contributed by atoms with van der Waals surface area (Å²) in [5, 5.41) is 0. The zero-order valence-corrected chi connectivity index (χ0v) is 20.5. The first kappa shape index (κ1) is 30.0. The van der Waals surface area contributed by atoms with Crippen LogP contribution in [0.1, 0.15) is 98.3 Å². The SMILES string of the molecule is CCCC(CCC)(CCOC)OC.CCCCC(CCCC)(COC)COC. The lowest BCUT2D eigenvalue weighted by atomic mass is 9.79. The molecular weight excluding hydrogens is 352 g/mol. The summed E-state index contributed by atoms with van der Waals surface area (Å²) in [5.74, 6) is 0. The Bertz CT molecular complexity index is 285. The molecule has 0 bridgehead atoms. The Morgan fingerprint density at radius 1 is 0.536 bits per heavy atom. The lowest BCUT2D eigenvalue weighted by molar-refractivity contribution is -0.0460. The fourth-order valence-corrected chi connectivity index (χ4v) is 4.05. The third-order valence-electron chi connectivity index (χ3n) is 5.63. The molecule has 0 aromatic heterocycles. The maximum atomic E-state index is 5.64. The fourth-order valence-electron chi connectivity index (χ4n) is 4.05. The highest BCUT2D eigenvalue weighted by molar-refractivity contribution is 4.80. The van der Waals surface area contributed by atoms with Crippen LogP contribution in [0.5, 0.6) is 0 Å². The highest BCUT2D eigenvalue weighted by atomic mass is 16.5. The van der Waals surface area contributed by atoms with Crippen molar-refractivity contribution in [3.63, 3.8) is 0 Å². The van der Waals surface area contributed by atoms with Gasteiger partial charge in [0.2, 0.25) is 0 Å². The average Bonchev–Trinajstić information content (AvgIpc) is 2.70. The van der Waals surface area contributed by atoms with Crippen LogP contribution >= 0.6 is 0 Å². The summed E-state index contributed by atoms with van der Waals surface area (Å²) in [6.45, 7) is 11.4. The van der Waals surface area contributed by atoms with Gasteiger partial charge >= 0.3 is 0 Å². The molecule has 0 N–H and O–H groups in total. The van der Waals surface area contributed by atoms with Gasteiger partial charge in [-0.1, -0.05) is 66.2 Å². The first-order valence-corrected chi connectivity index (χ1v) is 11.5. The molecule has 4 nitrogen and oxygen atoms in total. The molecule has 172 valence electrons. The molecule has 0 radical (unpaired) electrons. The van der Waals surface area contributed by atoms with Crippen LogP contribution in [0.2, 0.25) is 0 Å². The second-order valence-corrected chi connectivity index (χ2v) is 8.20. The van der Waals surface area contributed by atoms with E-state index in [1.807, 2.05) is 7.11 Å². The largest absolute Gasteiger partial charge is 0.385 e. The van der Waals surface area contributed by atoms with E-state index in [1.165, 1.54) is 51.4 Å². The van der Waals surface area contributed by atoms with E-state index in [0.717, 1.165) is 39.1 Å². The number of ether oxygens (including phenoxy) is 4. The molecule has 0 atom stereocenters. The zero-order valence-electron chi connectivity index (χ0n) is 20.5. The molecule has 28 heavy (non-hydrogen) atoms. The van der Waals surface area contributed by atoms with E-state index in [-0.39, 0.29) is 11.0 Å². The summed E-state index contributed by atoms with van der Waals surface area (Å²) < 4.78 is 21.5. The first-order valence-electron chi connectivity index (χ1n) is 11.5. The maximum absolute atomic E-state index is 5.64. The van der Waals surface area contributed by atoms with Crippen molar-refractivity contribution in [2.24, 2.45) is 5.41 Å². The molecule has 0 aliphatic carbocycles.